The van der Waals surface area contributed by atoms with Gasteiger partial charge in [0.2, 0.25) is 0 Å². The van der Waals surface area contributed by atoms with E-state index in [-0.39, 0.29) is 29.8 Å². The summed E-state index contributed by atoms with van der Waals surface area (Å²) >= 11 is 0. The van der Waals surface area contributed by atoms with Gasteiger partial charge in [-0.2, -0.15) is 0 Å². The lowest BCUT2D eigenvalue weighted by atomic mass is 10.0. The molecule has 2 aromatic carbocycles. The molecule has 4 nitrogen and oxygen atoms in total. The molecule has 6 heteroatoms. The Morgan fingerprint density at radius 3 is 2.63 bits per heavy atom. The maximum atomic E-state index is 14.3. The van der Waals surface area contributed by atoms with Crippen molar-refractivity contribution in [2.24, 2.45) is 0 Å². The van der Waals surface area contributed by atoms with Crippen LogP contribution in [0.2, 0.25) is 0 Å². The molecule has 1 N–H and O–H groups in total. The summed E-state index contributed by atoms with van der Waals surface area (Å²) in [5, 5.41) is 10.2. The average molecular weight is 368 g/mol. The second-order valence-corrected chi connectivity index (χ2v) is 6.65. The minimum absolute atomic E-state index is 0.0763. The number of carbonyl (C=O) groups is 1. The van der Waals surface area contributed by atoms with Gasteiger partial charge in [0.15, 0.2) is 0 Å². The normalized spacial score (nSPS) is 16.9. The van der Waals surface area contributed by atoms with Crippen LogP contribution >= 0.6 is 0 Å². The van der Waals surface area contributed by atoms with Crippen molar-refractivity contribution in [3.8, 4) is 11.3 Å². The van der Waals surface area contributed by atoms with E-state index in [1.807, 2.05) is 0 Å². The standard InChI is InChI=1S/C21H18F2N2O2/c22-16-7-3-8-17(23)20(16)19-11-15(14-6-1-2-9-18(14)24-19)21(27)25-10-4-5-13(25)12-26/h1-3,6-9,11,13,26H,4-5,10,12H2/t13-/m1/s1. The third-order valence-electron chi connectivity index (χ3n) is 5.01. The molecule has 2 heterocycles. The number of halogens is 2. The first-order valence-corrected chi connectivity index (χ1v) is 8.86. The first-order chi connectivity index (χ1) is 13.1. The fraction of sp³-hybridized carbons (Fsp3) is 0.238. The summed E-state index contributed by atoms with van der Waals surface area (Å²) in [6.07, 6.45) is 1.55. The second-order valence-electron chi connectivity index (χ2n) is 6.65. The number of fused-ring (bicyclic) bond motifs is 1. The van der Waals surface area contributed by atoms with Crippen molar-refractivity contribution < 1.29 is 18.7 Å². The second kappa shape index (κ2) is 7.04. The molecule has 0 saturated carbocycles. The number of rotatable bonds is 3. The highest BCUT2D eigenvalue weighted by Crippen LogP contribution is 2.30. The summed E-state index contributed by atoms with van der Waals surface area (Å²) in [7, 11) is 0. The molecule has 0 radical (unpaired) electrons. The van der Waals surface area contributed by atoms with Crippen molar-refractivity contribution in [1.29, 1.82) is 0 Å². The van der Waals surface area contributed by atoms with Crippen LogP contribution in [0.4, 0.5) is 8.78 Å². The number of aliphatic hydroxyl groups excluding tert-OH is 1. The molecule has 1 aromatic heterocycles. The van der Waals surface area contributed by atoms with Gasteiger partial charge in [-0.1, -0.05) is 24.3 Å². The number of aliphatic hydroxyl groups is 1. The van der Waals surface area contributed by atoms with Crippen molar-refractivity contribution in [2.75, 3.05) is 13.2 Å². The van der Waals surface area contributed by atoms with Gasteiger partial charge in [0, 0.05) is 11.9 Å². The van der Waals surface area contributed by atoms with E-state index < -0.39 is 11.6 Å². The maximum Gasteiger partial charge on any atom is 0.254 e. The summed E-state index contributed by atoms with van der Waals surface area (Å²) in [4.78, 5) is 19.2. The maximum absolute atomic E-state index is 14.3. The van der Waals surface area contributed by atoms with Gasteiger partial charge in [0.25, 0.3) is 5.91 Å². The lowest BCUT2D eigenvalue weighted by Gasteiger charge is -2.24. The Morgan fingerprint density at radius 2 is 1.89 bits per heavy atom. The first-order valence-electron chi connectivity index (χ1n) is 8.86. The van der Waals surface area contributed by atoms with Gasteiger partial charge in [0.1, 0.15) is 11.6 Å². The van der Waals surface area contributed by atoms with Crippen molar-refractivity contribution >= 4 is 16.8 Å². The molecule has 4 rings (SSSR count). The number of nitrogens with zero attached hydrogens (tertiary/aromatic N) is 2. The monoisotopic (exact) mass is 368 g/mol. The molecule has 1 aliphatic rings. The molecule has 1 saturated heterocycles. The fourth-order valence-corrected chi connectivity index (χ4v) is 3.67. The quantitative estimate of drug-likeness (QED) is 0.766. The van der Waals surface area contributed by atoms with Gasteiger partial charge < -0.3 is 10.0 Å². The van der Waals surface area contributed by atoms with Crippen LogP contribution < -0.4 is 0 Å². The Bertz CT molecular complexity index is 1000. The van der Waals surface area contributed by atoms with Crippen LogP contribution in [0.3, 0.4) is 0 Å². The minimum atomic E-state index is -0.731. The zero-order valence-electron chi connectivity index (χ0n) is 14.5. The Morgan fingerprint density at radius 1 is 1.15 bits per heavy atom. The SMILES string of the molecule is O=C(c1cc(-c2c(F)cccc2F)nc2ccccc12)N1CCC[C@@H]1CO. The lowest BCUT2D eigenvalue weighted by Crippen LogP contribution is -2.37. The Labute approximate surface area is 155 Å². The molecular formula is C21H18F2N2O2. The summed E-state index contributed by atoms with van der Waals surface area (Å²) in [5.41, 5.74) is 0.643. The van der Waals surface area contributed by atoms with E-state index in [9.17, 15) is 18.7 Å². The number of carbonyl (C=O) groups excluding carboxylic acids is 1. The molecule has 1 amide bonds. The third-order valence-corrected chi connectivity index (χ3v) is 5.01. The summed E-state index contributed by atoms with van der Waals surface area (Å²) in [5.74, 6) is -1.72. The Balaban J connectivity index is 1.91. The predicted octanol–water partition coefficient (Wildman–Crippen LogP) is 3.78. The largest absolute Gasteiger partial charge is 0.394 e. The number of amides is 1. The molecule has 27 heavy (non-hydrogen) atoms. The topological polar surface area (TPSA) is 53.4 Å². The van der Waals surface area contributed by atoms with E-state index in [0.717, 1.165) is 12.8 Å². The zero-order chi connectivity index (χ0) is 19.0. The number of pyridine rings is 1. The number of hydrogen-bond donors (Lipinski definition) is 1. The lowest BCUT2D eigenvalue weighted by molar-refractivity contribution is 0.0679. The molecular weight excluding hydrogens is 350 g/mol. The van der Waals surface area contributed by atoms with Crippen LogP contribution in [0.25, 0.3) is 22.2 Å². The molecule has 0 spiro atoms. The molecule has 3 aromatic rings. The number of benzene rings is 2. The van der Waals surface area contributed by atoms with Crippen LogP contribution in [0, 0.1) is 11.6 Å². The molecule has 1 fully saturated rings. The van der Waals surface area contributed by atoms with Crippen LogP contribution in [0.5, 0.6) is 0 Å². The highest BCUT2D eigenvalue weighted by Gasteiger charge is 2.30. The minimum Gasteiger partial charge on any atom is -0.394 e. The van der Waals surface area contributed by atoms with Crippen LogP contribution in [-0.2, 0) is 0 Å². The molecule has 138 valence electrons. The van der Waals surface area contributed by atoms with Crippen molar-refractivity contribution in [3.05, 3.63) is 65.7 Å². The van der Waals surface area contributed by atoms with Gasteiger partial charge in [-0.15, -0.1) is 0 Å². The van der Waals surface area contributed by atoms with E-state index in [2.05, 4.69) is 4.98 Å². The smallest absolute Gasteiger partial charge is 0.254 e. The summed E-state index contributed by atoms with van der Waals surface area (Å²) in [6, 6.07) is 11.9. The number of aromatic nitrogens is 1. The molecule has 0 unspecified atom stereocenters. The number of likely N-dealkylation sites (tertiary alicyclic amines) is 1. The highest BCUT2D eigenvalue weighted by molar-refractivity contribution is 6.07. The highest BCUT2D eigenvalue weighted by atomic mass is 19.1. The zero-order valence-corrected chi connectivity index (χ0v) is 14.5. The van der Waals surface area contributed by atoms with E-state index in [0.29, 0.717) is 23.0 Å². The van der Waals surface area contributed by atoms with Crippen molar-refractivity contribution in [1.82, 2.24) is 9.88 Å². The van der Waals surface area contributed by atoms with Crippen molar-refractivity contribution in [3.63, 3.8) is 0 Å². The third kappa shape index (κ3) is 3.06. The average Bonchev–Trinajstić information content (AvgIpc) is 3.15. The van der Waals surface area contributed by atoms with Crippen LogP contribution in [0.1, 0.15) is 23.2 Å². The number of para-hydroxylation sites is 1. The van der Waals surface area contributed by atoms with Gasteiger partial charge in [-0.05, 0) is 37.1 Å². The van der Waals surface area contributed by atoms with Gasteiger partial charge in [-0.25, -0.2) is 13.8 Å². The Hall–Kier alpha value is -2.86. The number of hydrogen-bond acceptors (Lipinski definition) is 3. The van der Waals surface area contributed by atoms with Crippen LogP contribution in [0.15, 0.2) is 48.5 Å². The van der Waals surface area contributed by atoms with E-state index >= 15 is 0 Å². The molecule has 1 atom stereocenters. The molecule has 1 aliphatic heterocycles. The van der Waals surface area contributed by atoms with Gasteiger partial charge in [0.05, 0.1) is 35.0 Å². The van der Waals surface area contributed by atoms with Crippen molar-refractivity contribution in [2.45, 2.75) is 18.9 Å². The van der Waals surface area contributed by atoms with E-state index in [1.165, 1.54) is 24.3 Å². The van der Waals surface area contributed by atoms with E-state index in [4.69, 9.17) is 0 Å². The summed E-state index contributed by atoms with van der Waals surface area (Å²) in [6.45, 7) is 0.438. The van der Waals surface area contributed by atoms with Crippen LogP contribution in [-0.4, -0.2) is 40.1 Å². The van der Waals surface area contributed by atoms with Gasteiger partial charge >= 0.3 is 0 Å². The first kappa shape index (κ1) is 17.5. The predicted molar refractivity (Wildman–Crippen MR) is 98.2 cm³/mol. The molecule has 0 aliphatic carbocycles. The van der Waals surface area contributed by atoms with E-state index in [1.54, 1.807) is 29.2 Å². The fourth-order valence-electron chi connectivity index (χ4n) is 3.67. The summed E-state index contributed by atoms with van der Waals surface area (Å²) < 4.78 is 28.6. The molecule has 0 bridgehead atoms. The Kier molecular flexibility index (Phi) is 4.58. The van der Waals surface area contributed by atoms with Gasteiger partial charge in [-0.3, -0.25) is 4.79 Å².